The molecule has 0 heterocycles. The van der Waals surface area contributed by atoms with Crippen LogP contribution in [0.2, 0.25) is 0 Å². The predicted molar refractivity (Wildman–Crippen MR) is 63.9 cm³/mol. The maximum absolute atomic E-state index is 11.7. The highest BCUT2D eigenvalue weighted by molar-refractivity contribution is 5.81. The number of hydrogen-bond donors (Lipinski definition) is 1. The number of methoxy groups -OCH3 is 1. The van der Waals surface area contributed by atoms with E-state index in [-0.39, 0.29) is 6.61 Å². The average molecular weight is 238 g/mol. The fourth-order valence-corrected chi connectivity index (χ4v) is 1.58. The molecular formula is C13H18O4. The molecule has 0 aromatic heterocycles. The standard InChI is InChI=1S/C13H18O4/c1-5-17-12(14)13(3,15)10-8-9(2)6-7-11(10)16-4/h6-8,15H,5H2,1-4H3. The van der Waals surface area contributed by atoms with Crippen molar-refractivity contribution in [3.05, 3.63) is 29.3 Å². The zero-order valence-corrected chi connectivity index (χ0v) is 10.6. The largest absolute Gasteiger partial charge is 0.496 e. The Kier molecular flexibility index (Phi) is 4.12. The van der Waals surface area contributed by atoms with E-state index in [0.717, 1.165) is 5.56 Å². The van der Waals surface area contributed by atoms with Crippen LogP contribution in [0.25, 0.3) is 0 Å². The molecule has 0 saturated carbocycles. The van der Waals surface area contributed by atoms with Crippen molar-refractivity contribution in [3.8, 4) is 5.75 Å². The molecule has 0 saturated heterocycles. The Morgan fingerprint density at radius 1 is 1.47 bits per heavy atom. The lowest BCUT2D eigenvalue weighted by atomic mass is 9.93. The van der Waals surface area contributed by atoms with Crippen LogP contribution in [0.3, 0.4) is 0 Å². The van der Waals surface area contributed by atoms with Crippen LogP contribution in [0.1, 0.15) is 25.0 Å². The van der Waals surface area contributed by atoms with Crippen molar-refractivity contribution in [1.29, 1.82) is 0 Å². The van der Waals surface area contributed by atoms with Gasteiger partial charge in [-0.05, 0) is 32.9 Å². The third-order valence-corrected chi connectivity index (χ3v) is 2.55. The van der Waals surface area contributed by atoms with Crippen LogP contribution < -0.4 is 4.74 Å². The van der Waals surface area contributed by atoms with Crippen molar-refractivity contribution in [2.45, 2.75) is 26.4 Å². The Balaban J connectivity index is 3.21. The molecule has 0 aliphatic carbocycles. The van der Waals surface area contributed by atoms with Gasteiger partial charge in [0.05, 0.1) is 13.7 Å². The summed E-state index contributed by atoms with van der Waals surface area (Å²) < 4.78 is 10.0. The van der Waals surface area contributed by atoms with Crippen LogP contribution in [-0.2, 0) is 15.1 Å². The van der Waals surface area contributed by atoms with Gasteiger partial charge < -0.3 is 14.6 Å². The second-order valence-electron chi connectivity index (χ2n) is 4.00. The fraction of sp³-hybridized carbons (Fsp3) is 0.462. The topological polar surface area (TPSA) is 55.8 Å². The minimum absolute atomic E-state index is 0.225. The van der Waals surface area contributed by atoms with Crippen molar-refractivity contribution in [2.75, 3.05) is 13.7 Å². The van der Waals surface area contributed by atoms with Gasteiger partial charge in [-0.2, -0.15) is 0 Å². The van der Waals surface area contributed by atoms with Gasteiger partial charge in [0.2, 0.25) is 0 Å². The maximum atomic E-state index is 11.7. The highest BCUT2D eigenvalue weighted by Crippen LogP contribution is 2.31. The molecule has 0 fully saturated rings. The zero-order valence-electron chi connectivity index (χ0n) is 10.6. The number of rotatable bonds is 4. The third kappa shape index (κ3) is 2.77. The number of carbonyl (C=O) groups is 1. The van der Waals surface area contributed by atoms with E-state index in [1.54, 1.807) is 19.1 Å². The molecule has 94 valence electrons. The van der Waals surface area contributed by atoms with E-state index in [4.69, 9.17) is 9.47 Å². The van der Waals surface area contributed by atoms with Gasteiger partial charge in [-0.15, -0.1) is 0 Å². The van der Waals surface area contributed by atoms with Crippen LogP contribution in [0.4, 0.5) is 0 Å². The van der Waals surface area contributed by atoms with Gasteiger partial charge in [0.1, 0.15) is 5.75 Å². The number of aryl methyl sites for hydroxylation is 1. The van der Waals surface area contributed by atoms with Crippen molar-refractivity contribution >= 4 is 5.97 Å². The summed E-state index contributed by atoms with van der Waals surface area (Å²) >= 11 is 0. The molecule has 1 atom stereocenters. The number of ether oxygens (including phenoxy) is 2. The van der Waals surface area contributed by atoms with Crippen molar-refractivity contribution in [2.24, 2.45) is 0 Å². The van der Waals surface area contributed by atoms with Gasteiger partial charge in [0, 0.05) is 5.56 Å². The Labute approximate surface area is 101 Å². The van der Waals surface area contributed by atoms with Crippen LogP contribution in [0, 0.1) is 6.92 Å². The molecule has 17 heavy (non-hydrogen) atoms. The van der Waals surface area contributed by atoms with Gasteiger partial charge in [0.15, 0.2) is 5.60 Å². The third-order valence-electron chi connectivity index (χ3n) is 2.55. The molecule has 4 heteroatoms. The summed E-state index contributed by atoms with van der Waals surface area (Å²) in [5.41, 5.74) is -0.350. The average Bonchev–Trinajstić information content (AvgIpc) is 2.29. The summed E-state index contributed by atoms with van der Waals surface area (Å²) in [5, 5.41) is 10.3. The van der Waals surface area contributed by atoms with Gasteiger partial charge in [-0.25, -0.2) is 4.79 Å². The van der Waals surface area contributed by atoms with Crippen molar-refractivity contribution in [1.82, 2.24) is 0 Å². The van der Waals surface area contributed by atoms with Crippen molar-refractivity contribution in [3.63, 3.8) is 0 Å². The van der Waals surface area contributed by atoms with E-state index >= 15 is 0 Å². The molecule has 0 amide bonds. The second-order valence-corrected chi connectivity index (χ2v) is 4.00. The smallest absolute Gasteiger partial charge is 0.342 e. The highest BCUT2D eigenvalue weighted by Gasteiger charge is 2.36. The molecule has 0 aliphatic heterocycles. The molecule has 0 spiro atoms. The lowest BCUT2D eigenvalue weighted by Gasteiger charge is -2.23. The quantitative estimate of drug-likeness (QED) is 0.812. The first-order valence-corrected chi connectivity index (χ1v) is 5.48. The molecule has 4 nitrogen and oxygen atoms in total. The molecule has 1 aromatic rings. The maximum Gasteiger partial charge on any atom is 0.342 e. The molecule has 1 N–H and O–H groups in total. The Bertz CT molecular complexity index is 410. The monoisotopic (exact) mass is 238 g/mol. The minimum atomic E-state index is -1.70. The van der Waals surface area contributed by atoms with Gasteiger partial charge in [0.25, 0.3) is 0 Å². The van der Waals surface area contributed by atoms with E-state index in [2.05, 4.69) is 0 Å². The lowest BCUT2D eigenvalue weighted by Crippen LogP contribution is -2.34. The first kappa shape index (κ1) is 13.5. The summed E-state index contributed by atoms with van der Waals surface area (Å²) in [6, 6.07) is 5.29. The summed E-state index contributed by atoms with van der Waals surface area (Å²) in [5.74, 6) is -0.211. The number of benzene rings is 1. The fourth-order valence-electron chi connectivity index (χ4n) is 1.58. The summed E-state index contributed by atoms with van der Waals surface area (Å²) in [6.45, 7) is 5.21. The Morgan fingerprint density at radius 2 is 2.12 bits per heavy atom. The molecule has 1 unspecified atom stereocenters. The molecule has 0 aliphatic rings. The van der Waals surface area contributed by atoms with E-state index in [1.165, 1.54) is 14.0 Å². The molecule has 0 bridgehead atoms. The van der Waals surface area contributed by atoms with E-state index in [0.29, 0.717) is 11.3 Å². The van der Waals surface area contributed by atoms with Crippen molar-refractivity contribution < 1.29 is 19.4 Å². The van der Waals surface area contributed by atoms with Crippen LogP contribution in [0.5, 0.6) is 5.75 Å². The van der Waals surface area contributed by atoms with Gasteiger partial charge in [-0.1, -0.05) is 11.6 Å². The van der Waals surface area contributed by atoms with Crippen LogP contribution >= 0.6 is 0 Å². The van der Waals surface area contributed by atoms with Gasteiger partial charge >= 0.3 is 5.97 Å². The van der Waals surface area contributed by atoms with E-state index in [9.17, 15) is 9.90 Å². The summed E-state index contributed by atoms with van der Waals surface area (Å²) in [6.07, 6.45) is 0. The summed E-state index contributed by atoms with van der Waals surface area (Å²) in [7, 11) is 1.50. The van der Waals surface area contributed by atoms with Gasteiger partial charge in [-0.3, -0.25) is 0 Å². The molecular weight excluding hydrogens is 220 g/mol. The first-order chi connectivity index (χ1) is 7.93. The predicted octanol–water partition coefficient (Wildman–Crippen LogP) is 1.77. The van der Waals surface area contributed by atoms with E-state index < -0.39 is 11.6 Å². The normalized spacial score (nSPS) is 13.9. The lowest BCUT2D eigenvalue weighted by molar-refractivity contribution is -0.164. The number of carbonyl (C=O) groups excluding carboxylic acids is 1. The number of hydrogen-bond acceptors (Lipinski definition) is 4. The summed E-state index contributed by atoms with van der Waals surface area (Å²) in [4.78, 5) is 11.7. The Morgan fingerprint density at radius 3 is 2.65 bits per heavy atom. The SMILES string of the molecule is CCOC(=O)C(C)(O)c1cc(C)ccc1OC. The molecule has 1 aromatic carbocycles. The molecule has 1 rings (SSSR count). The first-order valence-electron chi connectivity index (χ1n) is 5.48. The van der Waals surface area contributed by atoms with E-state index in [1.807, 2.05) is 13.0 Å². The highest BCUT2D eigenvalue weighted by atomic mass is 16.5. The number of esters is 1. The zero-order chi connectivity index (χ0) is 13.1. The number of aliphatic hydroxyl groups is 1. The second kappa shape index (κ2) is 5.19. The molecule has 0 radical (unpaired) electrons. The van der Waals surface area contributed by atoms with Crippen LogP contribution in [0.15, 0.2) is 18.2 Å². The minimum Gasteiger partial charge on any atom is -0.496 e. The Hall–Kier alpha value is -1.55. The van der Waals surface area contributed by atoms with Crippen LogP contribution in [-0.4, -0.2) is 24.8 Å².